The topological polar surface area (TPSA) is 0 Å². The smallest absolute Gasteiger partial charge is 0.133 e. The summed E-state index contributed by atoms with van der Waals surface area (Å²) in [5.41, 5.74) is 2.27. The van der Waals surface area contributed by atoms with Gasteiger partial charge in [0.25, 0.3) is 0 Å². The third kappa shape index (κ3) is 4.78. The molecule has 168 valence electrons. The van der Waals surface area contributed by atoms with Crippen molar-refractivity contribution in [3.8, 4) is 0 Å². The SMILES string of the molecule is CCCCCC1CCc2c(cc(F)c(C3CCC4CC(CCC)CCC4C3)c2F)C1. The highest BCUT2D eigenvalue weighted by atomic mass is 19.1. The van der Waals surface area contributed by atoms with Gasteiger partial charge in [-0.1, -0.05) is 58.8 Å². The van der Waals surface area contributed by atoms with E-state index in [1.165, 1.54) is 64.2 Å². The van der Waals surface area contributed by atoms with Crippen molar-refractivity contribution in [3.05, 3.63) is 34.4 Å². The van der Waals surface area contributed by atoms with Crippen molar-refractivity contribution in [1.82, 2.24) is 0 Å². The van der Waals surface area contributed by atoms with Crippen molar-refractivity contribution in [1.29, 1.82) is 0 Å². The predicted octanol–water partition coefficient (Wildman–Crippen LogP) is 8.75. The van der Waals surface area contributed by atoms with Crippen LogP contribution in [0.15, 0.2) is 6.07 Å². The number of unbranched alkanes of at least 4 members (excludes halogenated alkanes) is 2. The lowest BCUT2D eigenvalue weighted by molar-refractivity contribution is 0.112. The van der Waals surface area contributed by atoms with Crippen molar-refractivity contribution in [3.63, 3.8) is 0 Å². The zero-order chi connectivity index (χ0) is 21.1. The summed E-state index contributed by atoms with van der Waals surface area (Å²) in [5.74, 6) is 2.69. The average Bonchev–Trinajstić information content (AvgIpc) is 2.74. The van der Waals surface area contributed by atoms with Crippen molar-refractivity contribution >= 4 is 0 Å². The zero-order valence-corrected chi connectivity index (χ0v) is 19.3. The van der Waals surface area contributed by atoms with Crippen molar-refractivity contribution in [2.75, 3.05) is 0 Å². The van der Waals surface area contributed by atoms with Gasteiger partial charge in [-0.2, -0.15) is 0 Å². The lowest BCUT2D eigenvalue weighted by Crippen LogP contribution is -2.31. The fourth-order valence-corrected chi connectivity index (χ4v) is 7.16. The van der Waals surface area contributed by atoms with E-state index in [9.17, 15) is 0 Å². The molecule has 0 aliphatic heterocycles. The van der Waals surface area contributed by atoms with E-state index in [1.807, 2.05) is 0 Å². The summed E-state index contributed by atoms with van der Waals surface area (Å²) in [6.45, 7) is 4.52. The third-order valence-corrected chi connectivity index (χ3v) is 8.80. The van der Waals surface area contributed by atoms with Gasteiger partial charge in [-0.3, -0.25) is 0 Å². The van der Waals surface area contributed by atoms with Crippen LogP contribution in [-0.2, 0) is 12.8 Å². The Labute approximate surface area is 183 Å². The molecule has 0 nitrogen and oxygen atoms in total. The molecule has 4 rings (SSSR count). The Kier molecular flexibility index (Phi) is 7.53. The van der Waals surface area contributed by atoms with Crippen LogP contribution in [0.2, 0.25) is 0 Å². The van der Waals surface area contributed by atoms with Gasteiger partial charge in [0.1, 0.15) is 11.6 Å². The monoisotopic (exact) mass is 416 g/mol. The molecule has 0 bridgehead atoms. The second kappa shape index (κ2) is 10.1. The minimum atomic E-state index is -0.247. The summed E-state index contributed by atoms with van der Waals surface area (Å²) >= 11 is 0. The van der Waals surface area contributed by atoms with E-state index in [2.05, 4.69) is 13.8 Å². The van der Waals surface area contributed by atoms with Crippen molar-refractivity contribution in [2.45, 2.75) is 116 Å². The van der Waals surface area contributed by atoms with Crippen molar-refractivity contribution in [2.24, 2.45) is 23.7 Å². The van der Waals surface area contributed by atoms with E-state index < -0.39 is 0 Å². The molecule has 0 amide bonds. The van der Waals surface area contributed by atoms with Crippen molar-refractivity contribution < 1.29 is 8.78 Å². The predicted molar refractivity (Wildman–Crippen MR) is 122 cm³/mol. The van der Waals surface area contributed by atoms with Crippen LogP contribution < -0.4 is 0 Å². The van der Waals surface area contributed by atoms with Gasteiger partial charge in [0.15, 0.2) is 0 Å². The maximum atomic E-state index is 15.6. The van der Waals surface area contributed by atoms with Crippen LogP contribution in [0.3, 0.4) is 0 Å². The lowest BCUT2D eigenvalue weighted by Gasteiger charge is -2.42. The molecule has 0 saturated heterocycles. The third-order valence-electron chi connectivity index (χ3n) is 8.80. The van der Waals surface area contributed by atoms with E-state index in [0.29, 0.717) is 17.4 Å². The van der Waals surface area contributed by atoms with E-state index in [4.69, 9.17) is 0 Å². The Morgan fingerprint density at radius 2 is 1.63 bits per heavy atom. The van der Waals surface area contributed by atoms with Crippen LogP contribution in [0.25, 0.3) is 0 Å². The molecule has 3 aliphatic rings. The Balaban J connectivity index is 1.45. The Hall–Kier alpha value is -0.920. The largest absolute Gasteiger partial charge is 0.207 e. The first-order chi connectivity index (χ1) is 14.6. The molecule has 2 fully saturated rings. The van der Waals surface area contributed by atoms with Crippen LogP contribution in [-0.4, -0.2) is 0 Å². The number of halogens is 2. The maximum Gasteiger partial charge on any atom is 0.133 e. The van der Waals surface area contributed by atoms with Gasteiger partial charge in [-0.25, -0.2) is 8.78 Å². The normalized spacial score (nSPS) is 31.3. The molecule has 2 saturated carbocycles. The molecule has 5 unspecified atom stereocenters. The highest BCUT2D eigenvalue weighted by Gasteiger charge is 2.38. The van der Waals surface area contributed by atoms with Crippen LogP contribution in [0.1, 0.15) is 120 Å². The molecule has 0 spiro atoms. The molecule has 3 aliphatic carbocycles. The zero-order valence-electron chi connectivity index (χ0n) is 19.3. The Morgan fingerprint density at radius 1 is 0.833 bits per heavy atom. The molecule has 1 aromatic carbocycles. The van der Waals surface area contributed by atoms with Gasteiger partial charge in [0, 0.05) is 5.56 Å². The minimum Gasteiger partial charge on any atom is -0.207 e. The van der Waals surface area contributed by atoms with E-state index in [1.54, 1.807) is 6.07 Å². The summed E-state index contributed by atoms with van der Waals surface area (Å²) in [6, 6.07) is 1.73. The van der Waals surface area contributed by atoms with Crippen LogP contribution in [0.5, 0.6) is 0 Å². The molecule has 2 heteroatoms. The first-order valence-corrected chi connectivity index (χ1v) is 13.1. The van der Waals surface area contributed by atoms with Crippen LogP contribution in [0, 0.1) is 35.3 Å². The molecule has 30 heavy (non-hydrogen) atoms. The fourth-order valence-electron chi connectivity index (χ4n) is 7.16. The van der Waals surface area contributed by atoms with Gasteiger partial charge in [-0.15, -0.1) is 0 Å². The first-order valence-electron chi connectivity index (χ1n) is 13.1. The van der Waals surface area contributed by atoms with E-state index in [0.717, 1.165) is 55.1 Å². The molecule has 5 atom stereocenters. The Bertz CT molecular complexity index is 709. The molecule has 0 aromatic heterocycles. The highest BCUT2D eigenvalue weighted by Crippen LogP contribution is 2.49. The van der Waals surface area contributed by atoms with Gasteiger partial charge in [0.2, 0.25) is 0 Å². The van der Waals surface area contributed by atoms with Gasteiger partial charge in [0.05, 0.1) is 0 Å². The highest BCUT2D eigenvalue weighted by molar-refractivity contribution is 5.39. The van der Waals surface area contributed by atoms with E-state index >= 15 is 8.78 Å². The minimum absolute atomic E-state index is 0.0987. The van der Waals surface area contributed by atoms with Gasteiger partial charge in [-0.05, 0) is 98.1 Å². The molecular weight excluding hydrogens is 374 g/mol. The average molecular weight is 417 g/mol. The first kappa shape index (κ1) is 22.3. The second-order valence-corrected chi connectivity index (χ2v) is 10.8. The molecular formula is C28H42F2. The molecule has 0 N–H and O–H groups in total. The quantitative estimate of drug-likeness (QED) is 0.390. The lowest BCUT2D eigenvalue weighted by atomic mass is 9.63. The summed E-state index contributed by atoms with van der Waals surface area (Å²) in [5, 5.41) is 0. The fraction of sp³-hybridized carbons (Fsp3) is 0.786. The van der Waals surface area contributed by atoms with E-state index in [-0.39, 0.29) is 17.6 Å². The molecule has 1 aromatic rings. The van der Waals surface area contributed by atoms with Crippen LogP contribution >= 0.6 is 0 Å². The summed E-state index contributed by atoms with van der Waals surface area (Å²) in [4.78, 5) is 0. The van der Waals surface area contributed by atoms with Gasteiger partial charge < -0.3 is 0 Å². The number of hydrogen-bond acceptors (Lipinski definition) is 0. The Morgan fingerprint density at radius 3 is 2.43 bits per heavy atom. The molecule has 0 heterocycles. The summed E-state index contributed by atoms with van der Waals surface area (Å²) in [7, 11) is 0. The maximum absolute atomic E-state index is 15.6. The van der Waals surface area contributed by atoms with Gasteiger partial charge >= 0.3 is 0 Å². The van der Waals surface area contributed by atoms with Crippen LogP contribution in [0.4, 0.5) is 8.78 Å². The summed E-state index contributed by atoms with van der Waals surface area (Å²) in [6.07, 6.45) is 17.5. The second-order valence-electron chi connectivity index (χ2n) is 10.8. The number of benzene rings is 1. The number of rotatable bonds is 7. The number of hydrogen-bond donors (Lipinski definition) is 0. The number of fused-ring (bicyclic) bond motifs is 2. The summed E-state index contributed by atoms with van der Waals surface area (Å²) < 4.78 is 30.8. The standard InChI is InChI=1S/C28H42F2/c1-3-5-6-8-20-10-14-25-24(16-20)18-26(29)27(28(25)30)23-13-12-21-15-19(7-4-2)9-11-22(21)17-23/h18-23H,3-17H2,1-2H3. The molecule has 0 radical (unpaired) electrons.